The van der Waals surface area contributed by atoms with Crippen molar-refractivity contribution in [1.29, 1.82) is 0 Å². The minimum atomic E-state index is -0.465. The predicted molar refractivity (Wildman–Crippen MR) is 73.6 cm³/mol. The molecule has 0 rings (SSSR count). The van der Waals surface area contributed by atoms with Crippen LogP contribution in [0.25, 0.3) is 0 Å². The highest BCUT2D eigenvalue weighted by Crippen LogP contribution is 1.66. The van der Waals surface area contributed by atoms with E-state index in [1.165, 1.54) is 0 Å². The molecule has 0 spiro atoms. The maximum absolute atomic E-state index is 5.16. The van der Waals surface area contributed by atoms with Gasteiger partial charge in [0, 0.05) is 0 Å². The van der Waals surface area contributed by atoms with Crippen LogP contribution in [0, 0.1) is 0 Å². The quantitative estimate of drug-likeness (QED) is 0.547. The van der Waals surface area contributed by atoms with Gasteiger partial charge in [-0.15, -0.1) is 0 Å². The first-order valence-electron chi connectivity index (χ1n) is 5.57. The van der Waals surface area contributed by atoms with Crippen molar-refractivity contribution in [2.45, 2.75) is 54.6 Å². The third-order valence-corrected chi connectivity index (χ3v) is 5.17. The Morgan fingerprint density at radius 3 is 1.00 bits per heavy atom. The molecule has 5 heteroatoms. The molecule has 0 bridgehead atoms. The summed E-state index contributed by atoms with van der Waals surface area (Å²) >= 11 is 0. The smallest absolute Gasteiger partial charge is 0.283 e. The predicted octanol–water partition coefficient (Wildman–Crippen LogP) is 1.36. The lowest BCUT2D eigenvalue weighted by molar-refractivity contribution is 0.497. The molecule has 0 saturated carbocycles. The summed E-state index contributed by atoms with van der Waals surface area (Å²) in [6.07, 6.45) is 0. The fourth-order valence-electron chi connectivity index (χ4n) is 0.226. The van der Waals surface area contributed by atoms with Gasteiger partial charge in [-0.1, -0.05) is 54.6 Å². The summed E-state index contributed by atoms with van der Waals surface area (Å²) in [6.45, 7) is 16.3. The minimum absolute atomic E-state index is 0.147. The zero-order valence-electron chi connectivity index (χ0n) is 10.9. The summed E-state index contributed by atoms with van der Waals surface area (Å²) in [6, 6.07) is 0. The van der Waals surface area contributed by atoms with Gasteiger partial charge in [-0.25, -0.2) is 0 Å². The molecule has 0 aliphatic rings. The first-order chi connectivity index (χ1) is 6.41. The van der Waals surface area contributed by atoms with Crippen molar-refractivity contribution in [2.75, 3.05) is 0 Å². The summed E-state index contributed by atoms with van der Waals surface area (Å²) in [7, 11) is -0.760. The van der Waals surface area contributed by atoms with Crippen LogP contribution in [0.2, 0.25) is 13.1 Å². The van der Waals surface area contributed by atoms with Gasteiger partial charge in [0.05, 0.1) is 0 Å². The largest absolute Gasteiger partial charge is 0.447 e. The van der Waals surface area contributed by atoms with Crippen LogP contribution >= 0.6 is 0 Å². The van der Waals surface area contributed by atoms with E-state index in [1.54, 1.807) is 0 Å². The number of hydrogen-bond donors (Lipinski definition) is 0. The number of hydrogen-bond acceptors (Lipinski definition) is 2. The molecule has 0 aliphatic heterocycles. The Morgan fingerprint density at radius 1 is 0.615 bits per heavy atom. The Morgan fingerprint density at radius 2 is 0.846 bits per heavy atom. The normalized spacial score (nSPS) is 9.23. The molecule has 0 aromatic rings. The van der Waals surface area contributed by atoms with Gasteiger partial charge in [0.2, 0.25) is 0 Å². The lowest BCUT2D eigenvalue weighted by atomic mass is 11.0. The second-order valence-electron chi connectivity index (χ2n) is 1.10. The highest BCUT2D eigenvalue weighted by Gasteiger charge is 1.79. The topological polar surface area (TPSA) is 18.5 Å². The van der Waals surface area contributed by atoms with Crippen molar-refractivity contribution in [2.24, 2.45) is 0 Å². The molecule has 13 heavy (non-hydrogen) atoms. The maximum atomic E-state index is 5.16. The van der Waals surface area contributed by atoms with Gasteiger partial charge < -0.3 is 8.23 Å². The van der Waals surface area contributed by atoms with Crippen molar-refractivity contribution >= 4 is 29.5 Å². The molecule has 2 nitrogen and oxygen atoms in total. The van der Waals surface area contributed by atoms with Crippen LogP contribution < -0.4 is 0 Å². The Hall–Kier alpha value is 0.571. The van der Waals surface area contributed by atoms with Gasteiger partial charge in [0.15, 0.2) is 0 Å². The molecule has 86 valence electrons. The first kappa shape index (κ1) is 23.4. The van der Waals surface area contributed by atoms with Crippen LogP contribution in [-0.4, -0.2) is 29.5 Å². The van der Waals surface area contributed by atoms with Gasteiger partial charge in [-0.05, 0) is 0 Å². The van der Waals surface area contributed by atoms with Gasteiger partial charge in [-0.2, -0.15) is 0 Å². The van der Waals surface area contributed by atoms with E-state index < -0.39 is 10.0 Å². The van der Waals surface area contributed by atoms with Gasteiger partial charge in [-0.3, -0.25) is 0 Å². The molecular formula is C8H30O2Si3. The van der Waals surface area contributed by atoms with Crippen LogP contribution in [0.3, 0.4) is 0 Å². The summed E-state index contributed by atoms with van der Waals surface area (Å²) in [5, 5.41) is 0. The maximum Gasteiger partial charge on any atom is 0.283 e. The third kappa shape index (κ3) is 67.2. The molecule has 0 radical (unpaired) electrons. The minimum Gasteiger partial charge on any atom is -0.447 e. The number of rotatable bonds is 4. The van der Waals surface area contributed by atoms with E-state index in [1.807, 2.05) is 41.5 Å². The average molecular weight is 243 g/mol. The van der Waals surface area contributed by atoms with Crippen LogP contribution in [0.5, 0.6) is 0 Å². The summed E-state index contributed by atoms with van der Waals surface area (Å²) in [5.41, 5.74) is 0. The molecule has 0 unspecified atom stereocenters. The van der Waals surface area contributed by atoms with E-state index in [0.717, 1.165) is 0 Å². The lowest BCUT2D eigenvalue weighted by Gasteiger charge is -1.96. The molecule has 0 heterocycles. The van der Waals surface area contributed by atoms with Crippen LogP contribution in [0.4, 0.5) is 0 Å². The summed E-state index contributed by atoms with van der Waals surface area (Å²) < 4.78 is 10.3. The van der Waals surface area contributed by atoms with E-state index in [4.69, 9.17) is 8.23 Å². The van der Waals surface area contributed by atoms with E-state index in [-0.39, 0.29) is 19.5 Å². The highest BCUT2D eigenvalue weighted by molar-refractivity contribution is 6.44. The Balaban J connectivity index is -0.0000000573. The van der Waals surface area contributed by atoms with Gasteiger partial charge >= 0.3 is 0 Å². The molecule has 0 N–H and O–H groups in total. The second-order valence-corrected chi connectivity index (χ2v) is 5.76. The van der Waals surface area contributed by atoms with Crippen LogP contribution in [-0.2, 0) is 8.23 Å². The summed E-state index contributed by atoms with van der Waals surface area (Å²) in [4.78, 5) is 0. The van der Waals surface area contributed by atoms with E-state index in [2.05, 4.69) is 13.1 Å². The van der Waals surface area contributed by atoms with Crippen molar-refractivity contribution in [3.05, 3.63) is 0 Å². The Bertz CT molecular complexity index is 36.6. The van der Waals surface area contributed by atoms with Crippen molar-refractivity contribution < 1.29 is 8.23 Å². The molecule has 0 aromatic heterocycles. The molecule has 0 aliphatic carbocycles. The van der Waals surface area contributed by atoms with Gasteiger partial charge in [0.1, 0.15) is 19.5 Å². The van der Waals surface area contributed by atoms with E-state index in [9.17, 15) is 0 Å². The molecule has 0 fully saturated rings. The summed E-state index contributed by atoms with van der Waals surface area (Å²) in [5.74, 6) is 0. The van der Waals surface area contributed by atoms with E-state index in [0.29, 0.717) is 0 Å². The van der Waals surface area contributed by atoms with Crippen LogP contribution in [0.1, 0.15) is 41.5 Å². The Kier molecular flexibility index (Phi) is 97.7. The van der Waals surface area contributed by atoms with Crippen molar-refractivity contribution in [3.63, 3.8) is 0 Å². The van der Waals surface area contributed by atoms with Crippen molar-refractivity contribution in [3.8, 4) is 0 Å². The van der Waals surface area contributed by atoms with Crippen LogP contribution in [0.15, 0.2) is 0 Å². The average Bonchev–Trinajstić information content (AvgIpc) is 2.27. The molecule has 0 atom stereocenters. The third-order valence-electron chi connectivity index (χ3n) is 0.575. The molecule has 0 amide bonds. The lowest BCUT2D eigenvalue weighted by Crippen LogP contribution is -2.06. The second kappa shape index (κ2) is 54.2. The van der Waals surface area contributed by atoms with E-state index >= 15 is 0 Å². The zero-order valence-corrected chi connectivity index (χ0v) is 15.2. The Labute approximate surface area is 92.8 Å². The fraction of sp³-hybridized carbons (Fsp3) is 1.00. The molecule has 0 saturated heterocycles. The monoisotopic (exact) mass is 242 g/mol. The molecule has 0 aromatic carbocycles. The molecular weight excluding hydrogens is 212 g/mol. The van der Waals surface area contributed by atoms with Crippen molar-refractivity contribution in [1.82, 2.24) is 0 Å². The fourth-order valence-corrected chi connectivity index (χ4v) is 3.09. The highest BCUT2D eigenvalue weighted by atomic mass is 28.4. The van der Waals surface area contributed by atoms with Gasteiger partial charge in [0.25, 0.3) is 10.0 Å². The SMILES string of the molecule is CC.CC.CC.C[SiH2]O[SiH2]O[SiH2]C. The zero-order chi connectivity index (χ0) is 11.5. The standard InChI is InChI=1S/C2H12O2Si3.3C2H6/c1-5-3-7-4-6-2;3*1-2/h5-7H2,1-2H3;3*1-2H3. The first-order valence-corrected chi connectivity index (χ1v) is 10.7.